The van der Waals surface area contributed by atoms with Crippen molar-refractivity contribution in [2.75, 3.05) is 6.54 Å². The van der Waals surface area contributed by atoms with Gasteiger partial charge in [-0.25, -0.2) is 0 Å². The first-order valence-corrected chi connectivity index (χ1v) is 9.33. The highest BCUT2D eigenvalue weighted by molar-refractivity contribution is 8.18. The summed E-state index contributed by atoms with van der Waals surface area (Å²) in [7, 11) is 0. The Morgan fingerprint density at radius 3 is 2.59 bits per heavy atom. The van der Waals surface area contributed by atoms with Gasteiger partial charge in [0.15, 0.2) is 0 Å². The first kappa shape index (κ1) is 19.3. The van der Waals surface area contributed by atoms with E-state index in [1.54, 1.807) is 38.1 Å². The van der Waals surface area contributed by atoms with Crippen LogP contribution in [0.15, 0.2) is 45.7 Å². The molecule has 8 heteroatoms. The molecule has 0 bridgehead atoms. The van der Waals surface area contributed by atoms with Crippen molar-refractivity contribution in [1.82, 2.24) is 4.90 Å². The van der Waals surface area contributed by atoms with E-state index in [0.29, 0.717) is 16.5 Å². The van der Waals surface area contributed by atoms with Gasteiger partial charge in [0.05, 0.1) is 11.0 Å². The monoisotopic (exact) mass is 405 g/mol. The van der Waals surface area contributed by atoms with E-state index in [9.17, 15) is 14.4 Å². The fourth-order valence-corrected chi connectivity index (χ4v) is 3.34. The van der Waals surface area contributed by atoms with Gasteiger partial charge in [0.2, 0.25) is 0 Å². The Balaban J connectivity index is 1.74. The summed E-state index contributed by atoms with van der Waals surface area (Å²) < 4.78 is 10.7. The fourth-order valence-electron chi connectivity index (χ4n) is 2.39. The largest absolute Gasteiger partial charge is 0.462 e. The lowest BCUT2D eigenvalue weighted by atomic mass is 10.2. The lowest BCUT2D eigenvalue weighted by molar-refractivity contribution is -0.149. The number of carbonyl (C=O) groups is 3. The Bertz CT molecular complexity index is 916. The number of imide groups is 1. The quantitative estimate of drug-likeness (QED) is 0.535. The minimum atomic E-state index is -0.628. The molecule has 2 heterocycles. The van der Waals surface area contributed by atoms with Gasteiger partial charge in [-0.3, -0.25) is 19.3 Å². The minimum Gasteiger partial charge on any atom is -0.462 e. The second kappa shape index (κ2) is 8.02. The Kier molecular flexibility index (Phi) is 5.72. The first-order chi connectivity index (χ1) is 12.8. The van der Waals surface area contributed by atoms with E-state index in [-0.39, 0.29) is 11.0 Å². The number of esters is 1. The average Bonchev–Trinajstić information content (AvgIpc) is 3.16. The van der Waals surface area contributed by atoms with Crippen molar-refractivity contribution in [2.45, 2.75) is 20.0 Å². The lowest BCUT2D eigenvalue weighted by Gasteiger charge is -2.13. The molecule has 0 unspecified atom stereocenters. The molecule has 1 saturated heterocycles. The van der Waals surface area contributed by atoms with Crippen molar-refractivity contribution < 1.29 is 23.5 Å². The van der Waals surface area contributed by atoms with Crippen molar-refractivity contribution in [1.29, 1.82) is 0 Å². The summed E-state index contributed by atoms with van der Waals surface area (Å²) in [5, 5.41) is 0.103. The standard InChI is InChI=1S/C19H16ClNO5S/c1-11(2)25-17(22)10-21-18(23)16(27-19(21)24)9-14-7-8-15(26-14)12-3-5-13(20)6-4-12/h3-9,11H,10H2,1-2H3. The lowest BCUT2D eigenvalue weighted by Crippen LogP contribution is -2.35. The molecule has 1 aromatic carbocycles. The van der Waals surface area contributed by atoms with Gasteiger partial charge in [-0.2, -0.15) is 0 Å². The molecule has 3 rings (SSSR count). The molecule has 2 aromatic rings. The molecule has 0 radical (unpaired) electrons. The maximum Gasteiger partial charge on any atom is 0.326 e. The third-order valence-corrected chi connectivity index (χ3v) is 4.72. The number of ether oxygens (including phenoxy) is 1. The molecule has 1 aliphatic rings. The summed E-state index contributed by atoms with van der Waals surface area (Å²) in [6.07, 6.45) is 1.17. The van der Waals surface area contributed by atoms with Gasteiger partial charge in [-0.15, -0.1) is 0 Å². The van der Waals surface area contributed by atoms with E-state index in [4.69, 9.17) is 20.8 Å². The zero-order chi connectivity index (χ0) is 19.6. The second-order valence-corrected chi connectivity index (χ2v) is 7.45. The molecule has 0 saturated carbocycles. The number of rotatable bonds is 5. The van der Waals surface area contributed by atoms with Crippen LogP contribution in [0.3, 0.4) is 0 Å². The summed E-state index contributed by atoms with van der Waals surface area (Å²) in [6, 6.07) is 10.6. The molecule has 1 aromatic heterocycles. The van der Waals surface area contributed by atoms with Crippen LogP contribution in [-0.2, 0) is 14.3 Å². The van der Waals surface area contributed by atoms with E-state index >= 15 is 0 Å². The van der Waals surface area contributed by atoms with Crippen LogP contribution in [0.1, 0.15) is 19.6 Å². The highest BCUT2D eigenvalue weighted by Gasteiger charge is 2.37. The molecule has 1 fully saturated rings. The van der Waals surface area contributed by atoms with Gasteiger partial charge in [0, 0.05) is 16.7 Å². The third kappa shape index (κ3) is 4.61. The number of amides is 2. The van der Waals surface area contributed by atoms with Crippen LogP contribution >= 0.6 is 23.4 Å². The van der Waals surface area contributed by atoms with Crippen molar-refractivity contribution >= 4 is 46.6 Å². The van der Waals surface area contributed by atoms with Crippen molar-refractivity contribution in [3.05, 3.63) is 52.1 Å². The summed E-state index contributed by atoms with van der Waals surface area (Å²) in [6.45, 7) is 2.98. The van der Waals surface area contributed by atoms with Gasteiger partial charge < -0.3 is 9.15 Å². The molecule has 0 atom stereocenters. The van der Waals surface area contributed by atoms with Crippen LogP contribution in [0.2, 0.25) is 5.02 Å². The van der Waals surface area contributed by atoms with Gasteiger partial charge in [0.1, 0.15) is 18.1 Å². The van der Waals surface area contributed by atoms with Gasteiger partial charge in [0.25, 0.3) is 11.1 Å². The van der Waals surface area contributed by atoms with E-state index in [1.807, 2.05) is 12.1 Å². The maximum atomic E-state index is 12.4. The summed E-state index contributed by atoms with van der Waals surface area (Å²) in [4.78, 5) is 37.2. The molecule has 27 heavy (non-hydrogen) atoms. The number of nitrogens with zero attached hydrogens (tertiary/aromatic N) is 1. The third-order valence-electron chi connectivity index (χ3n) is 3.56. The Hall–Kier alpha value is -2.51. The topological polar surface area (TPSA) is 76.8 Å². The highest BCUT2D eigenvalue weighted by Crippen LogP contribution is 2.33. The Morgan fingerprint density at radius 2 is 1.93 bits per heavy atom. The zero-order valence-corrected chi connectivity index (χ0v) is 16.2. The van der Waals surface area contributed by atoms with Crippen LogP contribution in [0.5, 0.6) is 0 Å². The Morgan fingerprint density at radius 1 is 1.22 bits per heavy atom. The van der Waals surface area contributed by atoms with Crippen LogP contribution < -0.4 is 0 Å². The minimum absolute atomic E-state index is 0.189. The van der Waals surface area contributed by atoms with Gasteiger partial charge in [-0.1, -0.05) is 11.6 Å². The molecule has 140 valence electrons. The SMILES string of the molecule is CC(C)OC(=O)CN1C(=O)SC(=Cc2ccc(-c3ccc(Cl)cc3)o2)C1=O. The molecular formula is C19H16ClNO5S. The molecule has 6 nitrogen and oxygen atoms in total. The predicted octanol–water partition coefficient (Wildman–Crippen LogP) is 4.59. The summed E-state index contributed by atoms with van der Waals surface area (Å²) in [5.41, 5.74) is 0.837. The smallest absolute Gasteiger partial charge is 0.326 e. The van der Waals surface area contributed by atoms with Crippen molar-refractivity contribution in [3.63, 3.8) is 0 Å². The number of hydrogen-bond acceptors (Lipinski definition) is 6. The number of carbonyl (C=O) groups excluding carboxylic acids is 3. The number of halogens is 1. The number of hydrogen-bond donors (Lipinski definition) is 0. The molecule has 0 N–H and O–H groups in total. The molecule has 1 aliphatic heterocycles. The number of benzene rings is 1. The van der Waals surface area contributed by atoms with E-state index in [0.717, 1.165) is 22.2 Å². The number of thioether (sulfide) groups is 1. The van der Waals surface area contributed by atoms with Crippen molar-refractivity contribution in [2.24, 2.45) is 0 Å². The Labute approximate surface area is 165 Å². The van der Waals surface area contributed by atoms with Gasteiger partial charge in [-0.05, 0) is 62.0 Å². The highest BCUT2D eigenvalue weighted by atomic mass is 35.5. The molecule has 2 amide bonds. The normalized spacial score (nSPS) is 15.9. The van der Waals surface area contributed by atoms with E-state index in [1.165, 1.54) is 6.08 Å². The van der Waals surface area contributed by atoms with Crippen LogP contribution in [0, 0.1) is 0 Å². The summed E-state index contributed by atoms with van der Waals surface area (Å²) in [5.74, 6) is -0.139. The maximum absolute atomic E-state index is 12.4. The van der Waals surface area contributed by atoms with Crippen LogP contribution in [-0.4, -0.2) is 34.7 Å². The second-order valence-electron chi connectivity index (χ2n) is 6.02. The van der Waals surface area contributed by atoms with E-state index in [2.05, 4.69) is 0 Å². The number of furan rings is 1. The summed E-state index contributed by atoms with van der Waals surface area (Å²) >= 11 is 6.63. The first-order valence-electron chi connectivity index (χ1n) is 8.14. The van der Waals surface area contributed by atoms with Crippen LogP contribution in [0.25, 0.3) is 17.4 Å². The van der Waals surface area contributed by atoms with Crippen LogP contribution in [0.4, 0.5) is 4.79 Å². The van der Waals surface area contributed by atoms with Gasteiger partial charge >= 0.3 is 5.97 Å². The fraction of sp³-hybridized carbons (Fsp3) is 0.211. The average molecular weight is 406 g/mol. The molecule has 0 spiro atoms. The molecule has 0 aliphatic carbocycles. The zero-order valence-electron chi connectivity index (χ0n) is 14.6. The molecular weight excluding hydrogens is 390 g/mol. The predicted molar refractivity (Wildman–Crippen MR) is 103 cm³/mol. The van der Waals surface area contributed by atoms with E-state index < -0.39 is 23.7 Å². The van der Waals surface area contributed by atoms with Crippen molar-refractivity contribution in [3.8, 4) is 11.3 Å².